The third-order valence-corrected chi connectivity index (χ3v) is 5.85. The Kier molecular flexibility index (Phi) is 5.52. The quantitative estimate of drug-likeness (QED) is 0.483. The van der Waals surface area contributed by atoms with Gasteiger partial charge in [0.2, 0.25) is 0 Å². The van der Waals surface area contributed by atoms with Gasteiger partial charge >= 0.3 is 0 Å². The summed E-state index contributed by atoms with van der Waals surface area (Å²) >= 11 is 0. The molecule has 0 atom stereocenters. The van der Waals surface area contributed by atoms with Crippen LogP contribution in [0.5, 0.6) is 0 Å². The molecule has 4 aromatic rings. The average molecular weight is 441 g/mol. The summed E-state index contributed by atoms with van der Waals surface area (Å²) in [6.45, 7) is 4.42. The lowest BCUT2D eigenvalue weighted by Crippen LogP contribution is -2.50. The molecule has 0 aliphatic carbocycles. The number of carbonyl (C=O) groups is 2. The van der Waals surface area contributed by atoms with Crippen molar-refractivity contribution in [3.05, 3.63) is 72.4 Å². The van der Waals surface area contributed by atoms with Crippen LogP contribution in [0.4, 0.5) is 0 Å². The summed E-state index contributed by atoms with van der Waals surface area (Å²) in [7, 11) is 0. The van der Waals surface area contributed by atoms with Gasteiger partial charge in [-0.3, -0.25) is 14.6 Å². The number of rotatable bonds is 4. The number of fused-ring (bicyclic) bond motifs is 1. The zero-order chi connectivity index (χ0) is 22.8. The molecule has 2 amide bonds. The molecule has 3 aromatic heterocycles. The molecule has 1 aliphatic heterocycles. The summed E-state index contributed by atoms with van der Waals surface area (Å²) in [5.41, 5.74) is 3.26. The second-order valence-corrected chi connectivity index (χ2v) is 7.79. The van der Waals surface area contributed by atoms with Crippen molar-refractivity contribution in [2.24, 2.45) is 0 Å². The fourth-order valence-corrected chi connectivity index (χ4v) is 4.07. The SMILES string of the molecule is CCn1ncc2c(C(=O)N3CCN(C(=O)c4cnccn4)CC3)cc(-c3ccccc3)nc21. The van der Waals surface area contributed by atoms with E-state index in [9.17, 15) is 9.59 Å². The Bertz CT molecular complexity index is 1300. The summed E-state index contributed by atoms with van der Waals surface area (Å²) in [5.74, 6) is -0.251. The molecule has 9 nitrogen and oxygen atoms in total. The number of carbonyl (C=O) groups excluding carboxylic acids is 2. The average Bonchev–Trinajstić information content (AvgIpc) is 3.31. The third kappa shape index (κ3) is 3.93. The van der Waals surface area contributed by atoms with Crippen LogP contribution in [0, 0.1) is 0 Å². The van der Waals surface area contributed by atoms with Gasteiger partial charge in [0.25, 0.3) is 11.8 Å². The van der Waals surface area contributed by atoms with Crippen LogP contribution in [-0.4, -0.2) is 72.5 Å². The standard InChI is InChI=1S/C24H23N7O2/c1-2-31-22-19(15-27-31)18(14-20(28-22)17-6-4-3-5-7-17)23(32)29-10-12-30(13-11-29)24(33)21-16-25-8-9-26-21/h3-9,14-16H,2,10-13H2,1H3. The maximum Gasteiger partial charge on any atom is 0.274 e. The zero-order valence-electron chi connectivity index (χ0n) is 18.3. The van der Waals surface area contributed by atoms with Gasteiger partial charge in [0, 0.05) is 50.7 Å². The lowest BCUT2D eigenvalue weighted by molar-refractivity contribution is 0.0533. The predicted octanol–water partition coefficient (Wildman–Crippen LogP) is 2.51. The van der Waals surface area contributed by atoms with Gasteiger partial charge in [-0.1, -0.05) is 30.3 Å². The summed E-state index contributed by atoms with van der Waals surface area (Å²) in [5, 5.41) is 5.16. The Balaban J connectivity index is 1.42. The Morgan fingerprint density at radius 3 is 2.33 bits per heavy atom. The van der Waals surface area contributed by atoms with E-state index < -0.39 is 0 Å². The van der Waals surface area contributed by atoms with Crippen LogP contribution >= 0.6 is 0 Å². The van der Waals surface area contributed by atoms with Crippen molar-refractivity contribution in [2.75, 3.05) is 26.2 Å². The number of aromatic nitrogens is 5. The first-order valence-corrected chi connectivity index (χ1v) is 10.9. The van der Waals surface area contributed by atoms with E-state index in [1.54, 1.807) is 20.7 Å². The molecule has 0 saturated carbocycles. The van der Waals surface area contributed by atoms with Gasteiger partial charge < -0.3 is 9.80 Å². The molecule has 0 unspecified atom stereocenters. The first-order chi connectivity index (χ1) is 16.2. The van der Waals surface area contributed by atoms with Crippen molar-refractivity contribution < 1.29 is 9.59 Å². The molecule has 33 heavy (non-hydrogen) atoms. The molecule has 5 rings (SSSR count). The molecule has 0 spiro atoms. The second-order valence-electron chi connectivity index (χ2n) is 7.79. The highest BCUT2D eigenvalue weighted by molar-refractivity contribution is 6.06. The van der Waals surface area contributed by atoms with E-state index in [-0.39, 0.29) is 11.8 Å². The molecule has 1 fully saturated rings. The van der Waals surface area contributed by atoms with E-state index in [1.165, 1.54) is 18.6 Å². The summed E-state index contributed by atoms with van der Waals surface area (Å²) in [4.78, 5) is 42.6. The number of amides is 2. The van der Waals surface area contributed by atoms with E-state index in [1.807, 2.05) is 43.3 Å². The Morgan fingerprint density at radius 2 is 1.67 bits per heavy atom. The van der Waals surface area contributed by atoms with Gasteiger partial charge in [0.1, 0.15) is 5.69 Å². The monoisotopic (exact) mass is 441 g/mol. The molecule has 1 aromatic carbocycles. The number of piperazine rings is 1. The van der Waals surface area contributed by atoms with Gasteiger partial charge in [-0.2, -0.15) is 5.10 Å². The van der Waals surface area contributed by atoms with Crippen molar-refractivity contribution in [3.63, 3.8) is 0 Å². The minimum Gasteiger partial charge on any atom is -0.335 e. The smallest absolute Gasteiger partial charge is 0.274 e. The van der Waals surface area contributed by atoms with Gasteiger partial charge in [-0.25, -0.2) is 14.6 Å². The van der Waals surface area contributed by atoms with Crippen LogP contribution in [0.2, 0.25) is 0 Å². The number of hydrogen-bond donors (Lipinski definition) is 0. The zero-order valence-corrected chi connectivity index (χ0v) is 18.3. The second kappa shape index (κ2) is 8.78. The largest absolute Gasteiger partial charge is 0.335 e. The van der Waals surface area contributed by atoms with Gasteiger partial charge in [-0.05, 0) is 13.0 Å². The van der Waals surface area contributed by atoms with Crippen molar-refractivity contribution >= 4 is 22.8 Å². The summed E-state index contributed by atoms with van der Waals surface area (Å²) in [6.07, 6.45) is 6.21. The topological polar surface area (TPSA) is 97.1 Å². The molecule has 4 heterocycles. The molecule has 9 heteroatoms. The van der Waals surface area contributed by atoms with Crippen LogP contribution in [0.25, 0.3) is 22.3 Å². The van der Waals surface area contributed by atoms with E-state index in [2.05, 4.69) is 15.1 Å². The van der Waals surface area contributed by atoms with Crippen molar-refractivity contribution in [1.82, 2.24) is 34.5 Å². The maximum atomic E-state index is 13.6. The minimum atomic E-state index is -0.169. The molecule has 0 radical (unpaired) electrons. The highest BCUT2D eigenvalue weighted by Gasteiger charge is 2.28. The molecule has 1 aliphatic rings. The summed E-state index contributed by atoms with van der Waals surface area (Å²) in [6, 6.07) is 11.7. The Hall–Kier alpha value is -4.14. The fourth-order valence-electron chi connectivity index (χ4n) is 4.07. The normalized spacial score (nSPS) is 14.0. The maximum absolute atomic E-state index is 13.6. The number of pyridine rings is 1. The first-order valence-electron chi connectivity index (χ1n) is 10.9. The molecule has 0 bridgehead atoms. The van der Waals surface area contributed by atoms with Gasteiger partial charge in [0.05, 0.1) is 29.0 Å². The Morgan fingerprint density at radius 1 is 0.939 bits per heavy atom. The van der Waals surface area contributed by atoms with Gasteiger partial charge in [0.15, 0.2) is 5.65 Å². The van der Waals surface area contributed by atoms with Crippen LogP contribution in [0.1, 0.15) is 27.8 Å². The van der Waals surface area contributed by atoms with Crippen molar-refractivity contribution in [1.29, 1.82) is 0 Å². The predicted molar refractivity (Wildman–Crippen MR) is 122 cm³/mol. The number of hydrogen-bond acceptors (Lipinski definition) is 6. The van der Waals surface area contributed by atoms with Crippen LogP contribution in [0.3, 0.4) is 0 Å². The van der Waals surface area contributed by atoms with Crippen molar-refractivity contribution in [3.8, 4) is 11.3 Å². The minimum absolute atomic E-state index is 0.0816. The summed E-state index contributed by atoms with van der Waals surface area (Å²) < 4.78 is 1.80. The molecular formula is C24H23N7O2. The van der Waals surface area contributed by atoms with E-state index >= 15 is 0 Å². The number of benzene rings is 1. The van der Waals surface area contributed by atoms with Crippen molar-refractivity contribution in [2.45, 2.75) is 13.5 Å². The van der Waals surface area contributed by atoms with Crippen LogP contribution in [0.15, 0.2) is 61.2 Å². The highest BCUT2D eigenvalue weighted by atomic mass is 16.2. The van der Waals surface area contributed by atoms with Crippen LogP contribution in [-0.2, 0) is 6.54 Å². The van der Waals surface area contributed by atoms with E-state index in [0.29, 0.717) is 49.6 Å². The molecule has 166 valence electrons. The highest BCUT2D eigenvalue weighted by Crippen LogP contribution is 2.26. The lowest BCUT2D eigenvalue weighted by atomic mass is 10.1. The fraction of sp³-hybridized carbons (Fsp3) is 0.250. The van der Waals surface area contributed by atoms with Crippen LogP contribution < -0.4 is 0 Å². The third-order valence-electron chi connectivity index (χ3n) is 5.85. The van der Waals surface area contributed by atoms with E-state index in [0.717, 1.165) is 16.6 Å². The number of nitrogens with zero attached hydrogens (tertiary/aromatic N) is 7. The van der Waals surface area contributed by atoms with E-state index in [4.69, 9.17) is 4.98 Å². The Labute approximate surface area is 190 Å². The lowest BCUT2D eigenvalue weighted by Gasteiger charge is -2.34. The molecule has 1 saturated heterocycles. The molecule has 0 N–H and O–H groups in total. The number of aryl methyl sites for hydroxylation is 1. The first kappa shape index (κ1) is 20.7. The molecular weight excluding hydrogens is 418 g/mol. The van der Waals surface area contributed by atoms with Gasteiger partial charge in [-0.15, -0.1) is 0 Å².